The molecule has 0 aliphatic carbocycles. The average molecular weight is 670 g/mol. The minimum Gasteiger partial charge on any atom is -0.488 e. The molecule has 0 saturated heterocycles. The van der Waals surface area contributed by atoms with Crippen LogP contribution in [0.3, 0.4) is 0 Å². The fraction of sp³-hybridized carbons (Fsp3) is 0.0217. The molecule has 244 valence electrons. The first-order valence-corrected chi connectivity index (χ1v) is 17.3. The minimum absolute atomic E-state index is 0.521. The molecule has 0 amide bonds. The number of aromatic nitrogens is 3. The highest BCUT2D eigenvalue weighted by molar-refractivity contribution is 6.10. The average Bonchev–Trinajstić information content (AvgIpc) is 3.79. The van der Waals surface area contributed by atoms with E-state index in [0.717, 1.165) is 83.0 Å². The van der Waals surface area contributed by atoms with Crippen molar-refractivity contribution in [2.24, 2.45) is 0 Å². The molecule has 0 radical (unpaired) electrons. The maximum atomic E-state index is 6.45. The number of ether oxygens (including phenoxy) is 1. The van der Waals surface area contributed by atoms with Gasteiger partial charge < -0.3 is 13.6 Å². The molecule has 4 heterocycles. The molecule has 0 N–H and O–H groups in total. The molecule has 1 aliphatic heterocycles. The van der Waals surface area contributed by atoms with Gasteiger partial charge in [-0.05, 0) is 52.6 Å². The molecule has 0 spiro atoms. The maximum absolute atomic E-state index is 6.45. The Hall–Kier alpha value is -7.05. The summed E-state index contributed by atoms with van der Waals surface area (Å²) in [5, 5.41) is 4.12. The van der Waals surface area contributed by atoms with E-state index in [1.807, 2.05) is 66.7 Å². The second-order valence-corrected chi connectivity index (χ2v) is 13.1. The summed E-state index contributed by atoms with van der Waals surface area (Å²) in [4.78, 5) is 15.3. The van der Waals surface area contributed by atoms with Crippen molar-refractivity contribution in [3.05, 3.63) is 157 Å². The number of hydrogen-bond acceptors (Lipinski definition) is 6. The van der Waals surface area contributed by atoms with Crippen molar-refractivity contribution >= 4 is 43.9 Å². The lowest BCUT2D eigenvalue weighted by molar-refractivity contribution is 0.302. The number of fused-ring (bicyclic) bond motifs is 9. The van der Waals surface area contributed by atoms with Crippen LogP contribution < -0.4 is 4.74 Å². The van der Waals surface area contributed by atoms with Gasteiger partial charge in [-0.3, -0.25) is 0 Å². The van der Waals surface area contributed by atoms with Crippen molar-refractivity contribution in [1.82, 2.24) is 15.0 Å². The zero-order chi connectivity index (χ0) is 34.2. The number of hydrogen-bond donors (Lipinski definition) is 0. The number of rotatable bonds is 4. The number of nitrogens with zero attached hydrogens (tertiary/aromatic N) is 3. The SMILES string of the molecule is c1ccc2c(c1)COc1cccc(-c3ccc(-c4nc(-c5cccc6c5oc5ccccc56)nc(-c5cccc6c5oc5ccccc56)n4)cc3)c1-2. The van der Waals surface area contributed by atoms with E-state index >= 15 is 0 Å². The van der Waals surface area contributed by atoms with Gasteiger partial charge in [0.25, 0.3) is 0 Å². The van der Waals surface area contributed by atoms with Crippen LogP contribution in [0, 0.1) is 0 Å². The van der Waals surface area contributed by atoms with Crippen LogP contribution in [0.25, 0.3) is 100 Å². The van der Waals surface area contributed by atoms with Gasteiger partial charge in [-0.1, -0.05) is 121 Å². The Morgan fingerprint density at radius 3 is 1.56 bits per heavy atom. The van der Waals surface area contributed by atoms with Crippen LogP contribution in [0.4, 0.5) is 0 Å². The third-order valence-electron chi connectivity index (χ3n) is 10.1. The normalized spacial score (nSPS) is 12.3. The summed E-state index contributed by atoms with van der Waals surface area (Å²) in [6.07, 6.45) is 0. The highest BCUT2D eigenvalue weighted by Gasteiger charge is 2.22. The molecule has 6 nitrogen and oxygen atoms in total. The highest BCUT2D eigenvalue weighted by Crippen LogP contribution is 2.44. The molecule has 0 fully saturated rings. The largest absolute Gasteiger partial charge is 0.488 e. The lowest BCUT2D eigenvalue weighted by Crippen LogP contribution is -2.06. The molecule has 0 saturated carbocycles. The second-order valence-electron chi connectivity index (χ2n) is 13.1. The number of para-hydroxylation sites is 4. The zero-order valence-corrected chi connectivity index (χ0v) is 27.7. The Balaban J connectivity index is 1.10. The first-order valence-electron chi connectivity index (χ1n) is 17.3. The summed E-state index contributed by atoms with van der Waals surface area (Å²) in [5.74, 6) is 2.49. The lowest BCUT2D eigenvalue weighted by Gasteiger charge is -2.23. The van der Waals surface area contributed by atoms with Crippen molar-refractivity contribution in [3.63, 3.8) is 0 Å². The first kappa shape index (κ1) is 28.8. The van der Waals surface area contributed by atoms with E-state index in [9.17, 15) is 0 Å². The van der Waals surface area contributed by atoms with E-state index in [4.69, 9.17) is 28.5 Å². The Bertz CT molecular complexity index is 2900. The third-order valence-corrected chi connectivity index (χ3v) is 10.1. The standard InChI is InChI=1S/C46H27N3O3/c1-2-11-31-29(10-1)26-50-40-21-9-14-30(41(31)40)27-22-24-28(25-23-27)44-47-45(36-17-7-15-34-32-12-3-5-19-38(32)51-42(34)36)49-46(48-44)37-18-8-16-35-33-13-4-6-20-39(33)52-43(35)37/h1-25H,26H2. The Labute approximate surface area is 297 Å². The monoisotopic (exact) mass is 669 g/mol. The second kappa shape index (κ2) is 11.2. The van der Waals surface area contributed by atoms with E-state index in [2.05, 4.69) is 84.9 Å². The molecule has 0 unspecified atom stereocenters. The van der Waals surface area contributed by atoms with Gasteiger partial charge in [0, 0.05) is 32.7 Å². The van der Waals surface area contributed by atoms with E-state index in [1.54, 1.807) is 0 Å². The number of furan rings is 2. The number of benzene rings is 7. The Kier molecular flexibility index (Phi) is 6.21. The zero-order valence-electron chi connectivity index (χ0n) is 27.7. The van der Waals surface area contributed by atoms with Crippen LogP contribution in [-0.4, -0.2) is 15.0 Å². The molecule has 52 heavy (non-hydrogen) atoms. The molecule has 11 rings (SSSR count). The Morgan fingerprint density at radius 2 is 0.885 bits per heavy atom. The van der Waals surface area contributed by atoms with Gasteiger partial charge in [0.2, 0.25) is 0 Å². The summed E-state index contributed by atoms with van der Waals surface area (Å²) < 4.78 is 19.1. The summed E-state index contributed by atoms with van der Waals surface area (Å²) in [5.41, 5.74) is 11.2. The van der Waals surface area contributed by atoms with Crippen molar-refractivity contribution < 1.29 is 13.6 Å². The fourth-order valence-corrected chi connectivity index (χ4v) is 7.61. The predicted octanol–water partition coefficient (Wildman–Crippen LogP) is 11.9. The molecular weight excluding hydrogens is 643 g/mol. The van der Waals surface area contributed by atoms with Crippen molar-refractivity contribution in [1.29, 1.82) is 0 Å². The third kappa shape index (κ3) is 4.41. The molecule has 6 heteroatoms. The van der Waals surface area contributed by atoms with Crippen LogP contribution in [0.2, 0.25) is 0 Å². The summed E-state index contributed by atoms with van der Waals surface area (Å²) in [6, 6.07) is 51.5. The summed E-state index contributed by atoms with van der Waals surface area (Å²) in [6.45, 7) is 0.569. The van der Waals surface area contributed by atoms with E-state index < -0.39 is 0 Å². The van der Waals surface area contributed by atoms with Crippen LogP contribution in [0.15, 0.2) is 160 Å². The quantitative estimate of drug-likeness (QED) is 0.186. The smallest absolute Gasteiger partial charge is 0.167 e. The fourth-order valence-electron chi connectivity index (χ4n) is 7.61. The van der Waals surface area contributed by atoms with Crippen molar-refractivity contribution in [3.8, 4) is 62.2 Å². The molecule has 1 aliphatic rings. The van der Waals surface area contributed by atoms with E-state index in [-0.39, 0.29) is 0 Å². The molecule has 10 aromatic rings. The molecule has 3 aromatic heterocycles. The van der Waals surface area contributed by atoms with Crippen molar-refractivity contribution in [2.45, 2.75) is 6.61 Å². The van der Waals surface area contributed by atoms with Crippen LogP contribution in [0.5, 0.6) is 5.75 Å². The van der Waals surface area contributed by atoms with Crippen molar-refractivity contribution in [2.75, 3.05) is 0 Å². The highest BCUT2D eigenvalue weighted by atomic mass is 16.5. The molecule has 0 bridgehead atoms. The molecular formula is C46H27N3O3. The predicted molar refractivity (Wildman–Crippen MR) is 206 cm³/mol. The van der Waals surface area contributed by atoms with Gasteiger partial charge in [0.1, 0.15) is 34.7 Å². The minimum atomic E-state index is 0.521. The topological polar surface area (TPSA) is 74.2 Å². The van der Waals surface area contributed by atoms with E-state index in [0.29, 0.717) is 24.1 Å². The van der Waals surface area contributed by atoms with Crippen LogP contribution in [0.1, 0.15) is 5.56 Å². The summed E-state index contributed by atoms with van der Waals surface area (Å²) in [7, 11) is 0. The first-order chi connectivity index (χ1) is 25.8. The van der Waals surface area contributed by atoms with Gasteiger partial charge in [-0.25, -0.2) is 15.0 Å². The lowest BCUT2D eigenvalue weighted by atomic mass is 9.89. The van der Waals surface area contributed by atoms with Gasteiger partial charge in [0.05, 0.1) is 11.1 Å². The van der Waals surface area contributed by atoms with Gasteiger partial charge in [-0.2, -0.15) is 0 Å². The molecule has 7 aromatic carbocycles. The Morgan fingerprint density at radius 1 is 0.385 bits per heavy atom. The molecule has 0 atom stereocenters. The van der Waals surface area contributed by atoms with E-state index in [1.165, 1.54) is 11.1 Å². The van der Waals surface area contributed by atoms with Gasteiger partial charge >= 0.3 is 0 Å². The summed E-state index contributed by atoms with van der Waals surface area (Å²) >= 11 is 0. The van der Waals surface area contributed by atoms with Crippen LogP contribution >= 0.6 is 0 Å². The van der Waals surface area contributed by atoms with Crippen LogP contribution in [-0.2, 0) is 6.61 Å². The van der Waals surface area contributed by atoms with Gasteiger partial charge in [-0.15, -0.1) is 0 Å². The maximum Gasteiger partial charge on any atom is 0.167 e. The van der Waals surface area contributed by atoms with Gasteiger partial charge in [0.15, 0.2) is 17.5 Å².